The van der Waals surface area contributed by atoms with Crippen LogP contribution in [0, 0.1) is 0 Å². The van der Waals surface area contributed by atoms with Crippen molar-refractivity contribution >= 4 is 40.4 Å². The van der Waals surface area contributed by atoms with Gasteiger partial charge in [-0.05, 0) is 53.4 Å². The van der Waals surface area contributed by atoms with E-state index in [0.717, 1.165) is 5.56 Å². The SMILES string of the molecule is COCC(=O)Nc1cccc(CNC(=O)c2ccc(NC(=O)c3cccs3)cc2)c1. The van der Waals surface area contributed by atoms with Gasteiger partial charge in [-0.25, -0.2) is 0 Å². The van der Waals surface area contributed by atoms with Gasteiger partial charge in [-0.3, -0.25) is 14.4 Å². The number of anilines is 2. The van der Waals surface area contributed by atoms with Crippen molar-refractivity contribution in [1.29, 1.82) is 0 Å². The van der Waals surface area contributed by atoms with Crippen molar-refractivity contribution in [2.75, 3.05) is 24.4 Å². The van der Waals surface area contributed by atoms with Crippen LogP contribution in [0.1, 0.15) is 25.6 Å². The highest BCUT2D eigenvalue weighted by Gasteiger charge is 2.09. The van der Waals surface area contributed by atoms with E-state index >= 15 is 0 Å². The summed E-state index contributed by atoms with van der Waals surface area (Å²) in [4.78, 5) is 36.7. The van der Waals surface area contributed by atoms with Crippen LogP contribution in [0.2, 0.25) is 0 Å². The highest BCUT2D eigenvalue weighted by Crippen LogP contribution is 2.15. The molecule has 8 heteroatoms. The number of carbonyl (C=O) groups excluding carboxylic acids is 3. The standard InChI is InChI=1S/C22H21N3O4S/c1-29-14-20(26)24-18-5-2-4-15(12-18)13-23-21(27)16-7-9-17(10-8-16)25-22(28)19-6-3-11-30-19/h2-12H,13-14H2,1H3,(H,23,27)(H,24,26)(H,25,28). The lowest BCUT2D eigenvalue weighted by atomic mass is 10.1. The van der Waals surface area contributed by atoms with E-state index in [-0.39, 0.29) is 24.3 Å². The van der Waals surface area contributed by atoms with Crippen LogP contribution in [-0.2, 0) is 16.1 Å². The third-order valence-electron chi connectivity index (χ3n) is 4.09. The quantitative estimate of drug-likeness (QED) is 0.517. The van der Waals surface area contributed by atoms with Gasteiger partial charge in [-0.2, -0.15) is 0 Å². The largest absolute Gasteiger partial charge is 0.375 e. The first-order valence-electron chi connectivity index (χ1n) is 9.16. The summed E-state index contributed by atoms with van der Waals surface area (Å²) < 4.78 is 4.79. The van der Waals surface area contributed by atoms with Crippen LogP contribution < -0.4 is 16.0 Å². The fourth-order valence-corrected chi connectivity index (χ4v) is 3.30. The predicted octanol–water partition coefficient (Wildman–Crippen LogP) is 3.52. The Kier molecular flexibility index (Phi) is 7.31. The number of hydrogen-bond donors (Lipinski definition) is 3. The number of carbonyl (C=O) groups is 3. The topological polar surface area (TPSA) is 96.5 Å². The molecule has 0 aliphatic rings. The van der Waals surface area contributed by atoms with Gasteiger partial charge < -0.3 is 20.7 Å². The average Bonchev–Trinajstić information content (AvgIpc) is 3.28. The third kappa shape index (κ3) is 6.00. The molecule has 3 N–H and O–H groups in total. The smallest absolute Gasteiger partial charge is 0.265 e. The fraction of sp³-hybridized carbons (Fsp3) is 0.136. The fourth-order valence-electron chi connectivity index (χ4n) is 2.68. The molecule has 0 aliphatic heterocycles. The van der Waals surface area contributed by atoms with Crippen molar-refractivity contribution < 1.29 is 19.1 Å². The summed E-state index contributed by atoms with van der Waals surface area (Å²) in [5, 5.41) is 10.2. The third-order valence-corrected chi connectivity index (χ3v) is 4.96. The number of thiophene rings is 1. The minimum atomic E-state index is -0.245. The lowest BCUT2D eigenvalue weighted by molar-refractivity contribution is -0.119. The van der Waals surface area contributed by atoms with Gasteiger partial charge in [-0.1, -0.05) is 18.2 Å². The summed E-state index contributed by atoms with van der Waals surface area (Å²) in [6.45, 7) is 0.286. The maximum absolute atomic E-state index is 12.4. The summed E-state index contributed by atoms with van der Waals surface area (Å²) in [7, 11) is 1.45. The maximum Gasteiger partial charge on any atom is 0.265 e. The summed E-state index contributed by atoms with van der Waals surface area (Å²) in [6.07, 6.45) is 0. The summed E-state index contributed by atoms with van der Waals surface area (Å²) >= 11 is 1.36. The molecule has 0 spiro atoms. The van der Waals surface area contributed by atoms with Crippen LogP contribution >= 0.6 is 11.3 Å². The second-order valence-corrected chi connectivity index (χ2v) is 7.32. The molecule has 0 aliphatic carbocycles. The Morgan fingerprint density at radius 3 is 2.40 bits per heavy atom. The molecule has 0 saturated heterocycles. The van der Waals surface area contributed by atoms with Crippen molar-refractivity contribution in [3.63, 3.8) is 0 Å². The van der Waals surface area contributed by atoms with Crippen molar-refractivity contribution in [2.45, 2.75) is 6.54 Å². The molecule has 154 valence electrons. The summed E-state index contributed by atoms with van der Waals surface area (Å²) in [6, 6.07) is 17.5. The van der Waals surface area contributed by atoms with Crippen molar-refractivity contribution in [3.8, 4) is 0 Å². The normalized spacial score (nSPS) is 10.3. The molecule has 3 amide bonds. The van der Waals surface area contributed by atoms with Gasteiger partial charge in [0.25, 0.3) is 11.8 Å². The second kappa shape index (κ2) is 10.3. The number of benzene rings is 2. The van der Waals surface area contributed by atoms with Gasteiger partial charge in [0.2, 0.25) is 5.91 Å². The van der Waals surface area contributed by atoms with Crippen LogP contribution in [0.25, 0.3) is 0 Å². The van der Waals surface area contributed by atoms with E-state index < -0.39 is 0 Å². The lowest BCUT2D eigenvalue weighted by Crippen LogP contribution is -2.23. The van der Waals surface area contributed by atoms with Crippen LogP contribution in [0.5, 0.6) is 0 Å². The molecule has 7 nitrogen and oxygen atoms in total. The molecule has 2 aromatic carbocycles. The Morgan fingerprint density at radius 2 is 1.70 bits per heavy atom. The first kappa shape index (κ1) is 21.2. The van der Waals surface area contributed by atoms with Crippen LogP contribution in [0.3, 0.4) is 0 Å². The molecule has 0 bridgehead atoms. The molecule has 3 aromatic rings. The van der Waals surface area contributed by atoms with Crippen molar-refractivity contribution in [2.24, 2.45) is 0 Å². The van der Waals surface area contributed by atoms with Gasteiger partial charge in [0.05, 0.1) is 4.88 Å². The molecule has 3 rings (SSSR count). The van der Waals surface area contributed by atoms with Gasteiger partial charge in [-0.15, -0.1) is 11.3 Å². The zero-order chi connectivity index (χ0) is 21.3. The summed E-state index contributed by atoms with van der Waals surface area (Å²) in [5.74, 6) is -0.662. The Morgan fingerprint density at radius 1 is 0.900 bits per heavy atom. The Bertz CT molecular complexity index is 1020. The second-order valence-electron chi connectivity index (χ2n) is 6.37. The molecule has 0 saturated carbocycles. The molecular formula is C22H21N3O4S. The number of methoxy groups -OCH3 is 1. The van der Waals surface area contributed by atoms with Crippen LogP contribution in [0.15, 0.2) is 66.0 Å². The number of rotatable bonds is 8. The van der Waals surface area contributed by atoms with E-state index in [0.29, 0.717) is 28.4 Å². The van der Waals surface area contributed by atoms with Crippen LogP contribution in [-0.4, -0.2) is 31.4 Å². The Balaban J connectivity index is 1.53. The molecule has 1 aromatic heterocycles. The van der Waals surface area contributed by atoms with Gasteiger partial charge >= 0.3 is 0 Å². The first-order valence-corrected chi connectivity index (χ1v) is 10.0. The van der Waals surface area contributed by atoms with E-state index in [9.17, 15) is 14.4 Å². The zero-order valence-electron chi connectivity index (χ0n) is 16.3. The average molecular weight is 423 g/mol. The minimum absolute atomic E-state index is 0.0231. The summed E-state index contributed by atoms with van der Waals surface area (Å²) in [5.41, 5.74) is 2.58. The monoisotopic (exact) mass is 423 g/mol. The highest BCUT2D eigenvalue weighted by molar-refractivity contribution is 7.12. The molecule has 0 fully saturated rings. The van der Waals surface area contributed by atoms with Crippen LogP contribution in [0.4, 0.5) is 11.4 Å². The molecule has 0 atom stereocenters. The van der Waals surface area contributed by atoms with Gasteiger partial charge in [0.1, 0.15) is 6.61 Å². The molecule has 0 radical (unpaired) electrons. The van der Waals surface area contributed by atoms with E-state index in [1.807, 2.05) is 17.5 Å². The molecule has 30 heavy (non-hydrogen) atoms. The first-order chi connectivity index (χ1) is 14.5. The highest BCUT2D eigenvalue weighted by atomic mass is 32.1. The van der Waals surface area contributed by atoms with Crippen molar-refractivity contribution in [1.82, 2.24) is 5.32 Å². The minimum Gasteiger partial charge on any atom is -0.375 e. The molecule has 0 unspecified atom stereocenters. The Hall–Kier alpha value is -3.49. The number of nitrogens with one attached hydrogen (secondary N) is 3. The van der Waals surface area contributed by atoms with E-state index in [1.165, 1.54) is 18.4 Å². The number of hydrogen-bond acceptors (Lipinski definition) is 5. The maximum atomic E-state index is 12.4. The van der Waals surface area contributed by atoms with Gasteiger partial charge in [0, 0.05) is 30.6 Å². The van der Waals surface area contributed by atoms with Crippen molar-refractivity contribution in [3.05, 3.63) is 82.0 Å². The van der Waals surface area contributed by atoms with Gasteiger partial charge in [0.15, 0.2) is 0 Å². The Labute approximate surface area is 178 Å². The number of amides is 3. The molecular weight excluding hydrogens is 402 g/mol. The van der Waals surface area contributed by atoms with E-state index in [2.05, 4.69) is 16.0 Å². The van der Waals surface area contributed by atoms with E-state index in [1.54, 1.807) is 48.5 Å². The van der Waals surface area contributed by atoms with E-state index in [4.69, 9.17) is 4.74 Å². The lowest BCUT2D eigenvalue weighted by Gasteiger charge is -2.09. The predicted molar refractivity (Wildman–Crippen MR) is 117 cm³/mol. The molecule has 1 heterocycles. The zero-order valence-corrected chi connectivity index (χ0v) is 17.1. The number of ether oxygens (including phenoxy) is 1.